The first kappa shape index (κ1) is 12.8. The molecule has 0 spiro atoms. The molecule has 0 saturated carbocycles. The maximum absolute atomic E-state index is 10.4. The summed E-state index contributed by atoms with van der Waals surface area (Å²) < 4.78 is 3.21. The van der Waals surface area contributed by atoms with E-state index < -0.39 is 6.10 Å². The first-order chi connectivity index (χ1) is 8.65. The van der Waals surface area contributed by atoms with Crippen LogP contribution in [0.5, 0.6) is 0 Å². The highest BCUT2D eigenvalue weighted by Crippen LogP contribution is 2.40. The topological polar surface area (TPSA) is 20.2 Å². The Kier molecular flexibility index (Phi) is 3.60. The van der Waals surface area contributed by atoms with Crippen LogP contribution in [0.3, 0.4) is 0 Å². The zero-order valence-electron chi connectivity index (χ0n) is 9.06. The SMILES string of the molecule is OC(c1cc(Br)c(Br)s1)c1cc2ccccc2s1. The van der Waals surface area contributed by atoms with E-state index in [1.165, 1.54) is 10.1 Å². The average Bonchev–Trinajstić information content (AvgIpc) is 2.93. The van der Waals surface area contributed by atoms with Crippen LogP contribution in [-0.2, 0) is 0 Å². The third-order valence-electron chi connectivity index (χ3n) is 2.65. The van der Waals surface area contributed by atoms with Gasteiger partial charge in [0.25, 0.3) is 0 Å². The second kappa shape index (κ2) is 5.06. The summed E-state index contributed by atoms with van der Waals surface area (Å²) in [4.78, 5) is 1.93. The summed E-state index contributed by atoms with van der Waals surface area (Å²) in [5.41, 5.74) is 0. The standard InChI is InChI=1S/C13H8Br2OS2/c14-8-6-11(18-13(8)15)12(16)10-5-7-3-1-2-4-9(7)17-10/h1-6,12,16H. The van der Waals surface area contributed by atoms with Crippen LogP contribution in [0.15, 0.2) is 44.7 Å². The molecule has 1 unspecified atom stereocenters. The van der Waals surface area contributed by atoms with E-state index in [0.29, 0.717) is 0 Å². The van der Waals surface area contributed by atoms with Crippen LogP contribution in [0.25, 0.3) is 10.1 Å². The number of benzene rings is 1. The van der Waals surface area contributed by atoms with Crippen LogP contribution >= 0.6 is 54.5 Å². The Labute approximate surface area is 129 Å². The van der Waals surface area contributed by atoms with Gasteiger partial charge in [0.15, 0.2) is 0 Å². The monoisotopic (exact) mass is 402 g/mol. The zero-order valence-corrected chi connectivity index (χ0v) is 13.9. The van der Waals surface area contributed by atoms with Crippen LogP contribution in [0.1, 0.15) is 15.9 Å². The Morgan fingerprint density at radius 2 is 1.72 bits per heavy atom. The Morgan fingerprint density at radius 3 is 2.39 bits per heavy atom. The molecule has 0 aliphatic carbocycles. The summed E-state index contributed by atoms with van der Waals surface area (Å²) in [5, 5.41) is 11.6. The third kappa shape index (κ3) is 2.30. The molecular weight excluding hydrogens is 396 g/mol. The minimum atomic E-state index is -0.546. The van der Waals surface area contributed by atoms with Crippen LogP contribution < -0.4 is 0 Å². The van der Waals surface area contributed by atoms with Crippen molar-refractivity contribution in [2.75, 3.05) is 0 Å². The molecule has 0 bridgehead atoms. The molecule has 1 nitrogen and oxygen atoms in total. The molecule has 0 fully saturated rings. The zero-order chi connectivity index (χ0) is 12.7. The number of halogens is 2. The van der Waals surface area contributed by atoms with Gasteiger partial charge in [0.05, 0.1) is 3.79 Å². The van der Waals surface area contributed by atoms with Crippen molar-refractivity contribution in [3.8, 4) is 0 Å². The van der Waals surface area contributed by atoms with E-state index in [1.54, 1.807) is 22.7 Å². The van der Waals surface area contributed by atoms with Gasteiger partial charge in [-0.15, -0.1) is 22.7 Å². The van der Waals surface area contributed by atoms with Crippen molar-refractivity contribution in [2.45, 2.75) is 6.10 Å². The normalized spacial score (nSPS) is 13.1. The maximum atomic E-state index is 10.4. The van der Waals surface area contributed by atoms with Crippen molar-refractivity contribution >= 4 is 64.6 Å². The van der Waals surface area contributed by atoms with Crippen LogP contribution in [0, 0.1) is 0 Å². The largest absolute Gasteiger partial charge is 0.382 e. The lowest BCUT2D eigenvalue weighted by Crippen LogP contribution is -1.92. The summed E-state index contributed by atoms with van der Waals surface area (Å²) in [6.07, 6.45) is -0.546. The summed E-state index contributed by atoms with van der Waals surface area (Å²) in [5.74, 6) is 0. The highest BCUT2D eigenvalue weighted by molar-refractivity contribution is 9.13. The summed E-state index contributed by atoms with van der Waals surface area (Å²) in [6.45, 7) is 0. The second-order valence-electron chi connectivity index (χ2n) is 3.86. The molecule has 0 amide bonds. The molecule has 1 N–H and O–H groups in total. The van der Waals surface area contributed by atoms with E-state index in [-0.39, 0.29) is 0 Å². The van der Waals surface area contributed by atoms with E-state index in [9.17, 15) is 5.11 Å². The van der Waals surface area contributed by atoms with Crippen LogP contribution in [0.2, 0.25) is 0 Å². The van der Waals surface area contributed by atoms with Gasteiger partial charge in [-0.25, -0.2) is 0 Å². The van der Waals surface area contributed by atoms with Crippen molar-refractivity contribution in [3.63, 3.8) is 0 Å². The minimum absolute atomic E-state index is 0.546. The summed E-state index contributed by atoms with van der Waals surface area (Å²) in [7, 11) is 0. The Hall–Kier alpha value is -0.200. The molecule has 5 heteroatoms. The Bertz CT molecular complexity index is 649. The first-order valence-electron chi connectivity index (χ1n) is 5.26. The van der Waals surface area contributed by atoms with E-state index in [4.69, 9.17) is 0 Å². The van der Waals surface area contributed by atoms with Crippen molar-refractivity contribution in [3.05, 3.63) is 54.4 Å². The average molecular weight is 404 g/mol. The maximum Gasteiger partial charge on any atom is 0.122 e. The van der Waals surface area contributed by atoms with Crippen molar-refractivity contribution in [1.29, 1.82) is 0 Å². The lowest BCUT2D eigenvalue weighted by Gasteiger charge is -2.04. The van der Waals surface area contributed by atoms with E-state index in [2.05, 4.69) is 50.1 Å². The number of aliphatic hydroxyl groups excluding tert-OH is 1. The molecule has 18 heavy (non-hydrogen) atoms. The molecule has 0 saturated heterocycles. The molecule has 3 aromatic rings. The lowest BCUT2D eigenvalue weighted by molar-refractivity contribution is 0.228. The fraction of sp³-hybridized carbons (Fsp3) is 0.0769. The predicted molar refractivity (Wildman–Crippen MR) is 85.6 cm³/mol. The van der Waals surface area contributed by atoms with Gasteiger partial charge in [0.2, 0.25) is 0 Å². The van der Waals surface area contributed by atoms with Crippen molar-refractivity contribution < 1.29 is 5.11 Å². The molecular formula is C13H8Br2OS2. The smallest absolute Gasteiger partial charge is 0.122 e. The van der Waals surface area contributed by atoms with Crippen molar-refractivity contribution in [1.82, 2.24) is 0 Å². The number of fused-ring (bicyclic) bond motifs is 1. The van der Waals surface area contributed by atoms with E-state index >= 15 is 0 Å². The molecule has 1 aromatic carbocycles. The highest BCUT2D eigenvalue weighted by atomic mass is 79.9. The quantitative estimate of drug-likeness (QED) is 0.592. The highest BCUT2D eigenvalue weighted by Gasteiger charge is 2.17. The lowest BCUT2D eigenvalue weighted by atomic mass is 10.2. The fourth-order valence-electron chi connectivity index (χ4n) is 1.78. The van der Waals surface area contributed by atoms with Crippen molar-refractivity contribution in [2.24, 2.45) is 0 Å². The van der Waals surface area contributed by atoms with Gasteiger partial charge in [-0.1, -0.05) is 18.2 Å². The fourth-order valence-corrected chi connectivity index (χ4v) is 5.01. The molecule has 0 radical (unpaired) electrons. The van der Waals surface area contributed by atoms with Gasteiger partial charge in [-0.05, 0) is 55.4 Å². The Balaban J connectivity index is 2.03. The molecule has 2 heterocycles. The minimum Gasteiger partial charge on any atom is -0.382 e. The number of thiophene rings is 2. The number of hydrogen-bond donors (Lipinski definition) is 1. The molecule has 92 valence electrons. The number of rotatable bonds is 2. The van der Waals surface area contributed by atoms with Gasteiger partial charge in [0.1, 0.15) is 6.10 Å². The van der Waals surface area contributed by atoms with E-state index in [0.717, 1.165) is 18.0 Å². The molecule has 1 atom stereocenters. The van der Waals surface area contributed by atoms with Gasteiger partial charge in [-0.2, -0.15) is 0 Å². The third-order valence-corrected chi connectivity index (χ3v) is 7.12. The van der Waals surface area contributed by atoms with Gasteiger partial charge in [-0.3, -0.25) is 0 Å². The summed E-state index contributed by atoms with van der Waals surface area (Å²) >= 11 is 10.1. The molecule has 2 aromatic heterocycles. The summed E-state index contributed by atoms with van der Waals surface area (Å²) in [6, 6.07) is 12.2. The molecule has 0 aliphatic heterocycles. The van der Waals surface area contributed by atoms with Gasteiger partial charge >= 0.3 is 0 Å². The van der Waals surface area contributed by atoms with Gasteiger partial charge in [0, 0.05) is 18.9 Å². The molecule has 3 rings (SSSR count). The van der Waals surface area contributed by atoms with E-state index in [1.807, 2.05) is 18.2 Å². The number of hydrogen-bond acceptors (Lipinski definition) is 3. The number of aliphatic hydroxyl groups is 1. The molecule has 0 aliphatic rings. The first-order valence-corrected chi connectivity index (χ1v) is 8.48. The van der Waals surface area contributed by atoms with Gasteiger partial charge < -0.3 is 5.11 Å². The van der Waals surface area contributed by atoms with Crippen LogP contribution in [0.4, 0.5) is 0 Å². The predicted octanol–water partition coefficient (Wildman–Crippen LogP) is 5.57. The van der Waals surface area contributed by atoms with Crippen LogP contribution in [-0.4, -0.2) is 5.11 Å². The second-order valence-corrected chi connectivity index (χ2v) is 8.23. The Morgan fingerprint density at radius 1 is 1.00 bits per heavy atom.